The highest BCUT2D eigenvalue weighted by molar-refractivity contribution is 5.81. The SMILES string of the molecule is C=CC(=O)OC(F)C(F)(F)C(F)(F)OC(F)(F)C(F)(F)C(F)(F)C(F)F. The van der Waals surface area contributed by atoms with Crippen LogP contribution in [-0.4, -0.2) is 48.7 Å². The number of esters is 1. The highest BCUT2D eigenvalue weighted by atomic mass is 19.4. The van der Waals surface area contributed by atoms with Gasteiger partial charge in [-0.15, -0.1) is 0 Å². The quantitative estimate of drug-likeness (QED) is 0.316. The van der Waals surface area contributed by atoms with Gasteiger partial charge in [0.1, 0.15) is 0 Å². The summed E-state index contributed by atoms with van der Waals surface area (Å²) in [6.45, 7) is 2.51. The Balaban J connectivity index is 5.75. The average molecular weight is 420 g/mol. The van der Waals surface area contributed by atoms with Gasteiger partial charge in [0.2, 0.25) is 0 Å². The van der Waals surface area contributed by atoms with Gasteiger partial charge in [0, 0.05) is 6.08 Å². The first-order chi connectivity index (χ1) is 11.3. The largest absolute Gasteiger partial charge is 0.430 e. The van der Waals surface area contributed by atoms with Crippen molar-refractivity contribution in [3.8, 4) is 0 Å². The van der Waals surface area contributed by atoms with E-state index in [9.17, 15) is 61.9 Å². The molecule has 26 heavy (non-hydrogen) atoms. The van der Waals surface area contributed by atoms with Crippen molar-refractivity contribution in [3.05, 3.63) is 12.7 Å². The second-order valence-corrected chi connectivity index (χ2v) is 4.21. The van der Waals surface area contributed by atoms with Gasteiger partial charge in [-0.3, -0.25) is 0 Å². The van der Waals surface area contributed by atoms with Crippen LogP contribution in [0.4, 0.5) is 57.1 Å². The van der Waals surface area contributed by atoms with Crippen molar-refractivity contribution >= 4 is 5.97 Å². The van der Waals surface area contributed by atoms with E-state index in [-0.39, 0.29) is 6.08 Å². The van der Waals surface area contributed by atoms with Crippen LogP contribution in [0.25, 0.3) is 0 Å². The van der Waals surface area contributed by atoms with Crippen LogP contribution in [0.5, 0.6) is 0 Å². The molecule has 0 aliphatic rings. The van der Waals surface area contributed by atoms with Crippen LogP contribution in [0.2, 0.25) is 0 Å². The number of rotatable bonds is 9. The molecule has 3 nitrogen and oxygen atoms in total. The van der Waals surface area contributed by atoms with Crippen LogP contribution in [0.1, 0.15) is 0 Å². The Kier molecular flexibility index (Phi) is 6.63. The molecule has 1 unspecified atom stereocenters. The zero-order valence-corrected chi connectivity index (χ0v) is 11.6. The monoisotopic (exact) mass is 420 g/mol. The molecule has 16 heteroatoms. The number of carbonyl (C=O) groups is 1. The molecule has 154 valence electrons. The predicted octanol–water partition coefficient (Wildman–Crippen LogP) is 4.38. The number of hydrogen-bond acceptors (Lipinski definition) is 3. The Labute approximate surface area is 134 Å². The van der Waals surface area contributed by atoms with Crippen molar-refractivity contribution in [3.63, 3.8) is 0 Å². The number of alkyl halides is 13. The fraction of sp³-hybridized carbons (Fsp3) is 0.700. The topological polar surface area (TPSA) is 35.5 Å². The van der Waals surface area contributed by atoms with Gasteiger partial charge < -0.3 is 4.74 Å². The third-order valence-corrected chi connectivity index (χ3v) is 2.37. The first kappa shape index (κ1) is 24.3. The molecular weight excluding hydrogens is 415 g/mol. The van der Waals surface area contributed by atoms with Crippen LogP contribution in [0, 0.1) is 0 Å². The van der Waals surface area contributed by atoms with Crippen molar-refractivity contribution in [1.29, 1.82) is 0 Å². The Morgan fingerprint density at radius 3 is 1.58 bits per heavy atom. The Bertz CT molecular complexity index is 530. The molecule has 0 radical (unpaired) electrons. The third-order valence-electron chi connectivity index (χ3n) is 2.37. The van der Waals surface area contributed by atoms with Crippen molar-refractivity contribution in [1.82, 2.24) is 0 Å². The molecule has 0 amide bonds. The Hall–Kier alpha value is -1.74. The summed E-state index contributed by atoms with van der Waals surface area (Å²) in [4.78, 5) is 10.4. The van der Waals surface area contributed by atoms with E-state index in [1.807, 2.05) is 0 Å². The zero-order chi connectivity index (χ0) is 21.4. The minimum atomic E-state index is -7.43. The molecule has 0 aromatic rings. The van der Waals surface area contributed by atoms with E-state index in [0.717, 1.165) is 0 Å². The predicted molar refractivity (Wildman–Crippen MR) is 53.0 cm³/mol. The number of halogens is 13. The summed E-state index contributed by atoms with van der Waals surface area (Å²) in [6, 6.07) is 0. The lowest BCUT2D eigenvalue weighted by Gasteiger charge is -2.35. The van der Waals surface area contributed by atoms with Gasteiger partial charge in [0.25, 0.3) is 0 Å². The van der Waals surface area contributed by atoms with Crippen molar-refractivity contribution in [2.24, 2.45) is 0 Å². The molecule has 0 bridgehead atoms. The van der Waals surface area contributed by atoms with E-state index in [1.165, 1.54) is 0 Å². The molecule has 0 saturated carbocycles. The number of carbonyl (C=O) groups excluding carboxylic acids is 1. The van der Waals surface area contributed by atoms with Crippen LogP contribution in [0.15, 0.2) is 12.7 Å². The van der Waals surface area contributed by atoms with E-state index in [0.29, 0.717) is 0 Å². The molecule has 0 saturated heterocycles. The first-order valence-electron chi connectivity index (χ1n) is 5.62. The lowest BCUT2D eigenvalue weighted by atomic mass is 10.1. The molecule has 0 rings (SSSR count). The van der Waals surface area contributed by atoms with Crippen LogP contribution in [0.3, 0.4) is 0 Å². The molecule has 0 N–H and O–H groups in total. The zero-order valence-electron chi connectivity index (χ0n) is 11.6. The molecule has 0 heterocycles. The van der Waals surface area contributed by atoms with Crippen LogP contribution >= 0.6 is 0 Å². The average Bonchev–Trinajstić information content (AvgIpc) is 2.44. The summed E-state index contributed by atoms with van der Waals surface area (Å²) in [5.41, 5.74) is 0. The van der Waals surface area contributed by atoms with Gasteiger partial charge in [-0.2, -0.15) is 48.3 Å². The van der Waals surface area contributed by atoms with E-state index in [2.05, 4.69) is 11.3 Å². The first-order valence-corrected chi connectivity index (χ1v) is 5.62. The van der Waals surface area contributed by atoms with E-state index >= 15 is 0 Å². The fourth-order valence-electron chi connectivity index (χ4n) is 0.980. The third kappa shape index (κ3) is 4.15. The molecule has 1 atom stereocenters. The molecule has 0 aliphatic carbocycles. The van der Waals surface area contributed by atoms with Gasteiger partial charge >= 0.3 is 48.7 Å². The fourth-order valence-corrected chi connectivity index (χ4v) is 0.980. The molecule has 0 aromatic carbocycles. The second kappa shape index (κ2) is 7.11. The molecule has 0 aromatic heterocycles. The van der Waals surface area contributed by atoms with Gasteiger partial charge in [-0.05, 0) is 0 Å². The summed E-state index contributed by atoms with van der Waals surface area (Å²) in [7, 11) is 0. The number of hydrogen-bond donors (Lipinski definition) is 0. The van der Waals surface area contributed by atoms with Crippen molar-refractivity contribution in [2.45, 2.75) is 42.8 Å². The molecule has 0 spiro atoms. The minimum Gasteiger partial charge on any atom is -0.421 e. The Morgan fingerprint density at radius 1 is 0.808 bits per heavy atom. The maximum absolute atomic E-state index is 13.0. The van der Waals surface area contributed by atoms with Crippen LogP contribution in [-0.2, 0) is 14.3 Å². The highest BCUT2D eigenvalue weighted by Crippen LogP contribution is 2.53. The van der Waals surface area contributed by atoms with E-state index < -0.39 is 48.7 Å². The summed E-state index contributed by atoms with van der Waals surface area (Å²) in [5.74, 6) is -23.2. The van der Waals surface area contributed by atoms with Crippen molar-refractivity contribution in [2.75, 3.05) is 0 Å². The maximum atomic E-state index is 13.0. The summed E-state index contributed by atoms with van der Waals surface area (Å²) >= 11 is 0. The smallest absolute Gasteiger partial charge is 0.421 e. The van der Waals surface area contributed by atoms with E-state index in [1.54, 1.807) is 4.74 Å². The van der Waals surface area contributed by atoms with E-state index in [4.69, 9.17) is 0 Å². The summed E-state index contributed by atoms with van der Waals surface area (Å²) in [5, 5.41) is 0. The van der Waals surface area contributed by atoms with Gasteiger partial charge in [0.15, 0.2) is 0 Å². The van der Waals surface area contributed by atoms with Crippen molar-refractivity contribution < 1.29 is 71.3 Å². The molecule has 0 fully saturated rings. The standard InChI is InChI=1S/C10H5F13O3/c1-2-3(24)25-5(13)7(16,17)9(20,21)26-10(22,23)8(18,19)6(14,15)4(11)12/h2,4-5H,1H2. The normalized spacial score (nSPS) is 15.8. The number of ether oxygens (including phenoxy) is 2. The lowest BCUT2D eigenvalue weighted by Crippen LogP contribution is -2.63. The summed E-state index contributed by atoms with van der Waals surface area (Å²) in [6.07, 6.45) is -24.8. The Morgan fingerprint density at radius 2 is 1.23 bits per heavy atom. The van der Waals surface area contributed by atoms with Gasteiger partial charge in [0.05, 0.1) is 0 Å². The minimum absolute atomic E-state index is 0.0619. The molecular formula is C10H5F13O3. The molecule has 0 aliphatic heterocycles. The summed E-state index contributed by atoms with van der Waals surface area (Å²) < 4.78 is 169. The van der Waals surface area contributed by atoms with Gasteiger partial charge in [-0.1, -0.05) is 6.58 Å². The van der Waals surface area contributed by atoms with Gasteiger partial charge in [-0.25, -0.2) is 18.3 Å². The lowest BCUT2D eigenvalue weighted by molar-refractivity contribution is -0.499. The highest BCUT2D eigenvalue weighted by Gasteiger charge is 2.80. The van der Waals surface area contributed by atoms with Crippen LogP contribution < -0.4 is 0 Å². The maximum Gasteiger partial charge on any atom is 0.430 e. The second-order valence-electron chi connectivity index (χ2n) is 4.21.